The molecule has 0 aliphatic rings. The summed E-state index contributed by atoms with van der Waals surface area (Å²) in [6, 6.07) is -12.8. The van der Waals surface area contributed by atoms with E-state index in [0.717, 1.165) is 6.92 Å². The molecule has 0 rings (SSSR count). The number of hydrogen-bond acceptors (Lipinski definition) is 18. The van der Waals surface area contributed by atoms with Gasteiger partial charge in [0.05, 0.1) is 12.7 Å². The van der Waals surface area contributed by atoms with E-state index in [4.69, 9.17) is 63.1 Å². The van der Waals surface area contributed by atoms with Crippen molar-refractivity contribution in [3.63, 3.8) is 0 Å². The van der Waals surface area contributed by atoms with E-state index in [1.54, 1.807) is 0 Å². The van der Waals surface area contributed by atoms with Crippen LogP contribution in [0.4, 0.5) is 0 Å². The minimum Gasteiger partial charge on any atom is -0.394 e. The lowest BCUT2D eigenvalue weighted by Gasteiger charge is -2.28. The van der Waals surface area contributed by atoms with E-state index in [2.05, 4.69) is 67.8 Å². The third kappa shape index (κ3) is 33.5. The summed E-state index contributed by atoms with van der Waals surface area (Å²) in [5, 5.41) is 42.4. The predicted octanol–water partition coefficient (Wildman–Crippen LogP) is -10.3. The normalized spacial score (nSPS) is 14.4. The second-order valence-corrected chi connectivity index (χ2v) is 19.5. The number of guanidine groups is 4. The Bertz CT molecular complexity index is 2240. The van der Waals surface area contributed by atoms with Crippen molar-refractivity contribution in [2.24, 2.45) is 83.0 Å². The van der Waals surface area contributed by atoms with Gasteiger partial charge in [0.1, 0.15) is 54.4 Å². The van der Waals surface area contributed by atoms with Gasteiger partial charge in [-0.3, -0.25) is 67.9 Å². The zero-order valence-electron chi connectivity index (χ0n) is 48.2. The summed E-state index contributed by atoms with van der Waals surface area (Å²) >= 11 is 0. The molecule has 0 aliphatic heterocycles. The Kier molecular flexibility index (Phi) is 38.2. The highest BCUT2D eigenvalue weighted by Crippen LogP contribution is 2.11. The van der Waals surface area contributed by atoms with E-state index in [1.807, 2.05) is 0 Å². The third-order valence-electron chi connectivity index (χ3n) is 12.2. The van der Waals surface area contributed by atoms with Gasteiger partial charge in [0.2, 0.25) is 59.1 Å². The largest absolute Gasteiger partial charge is 0.394 e. The standard InChI is InChI=1S/C48H94N24O12/c1-25(64-44(84)34(24-73)65-27(3)75)37(77)66-30(14-8-20-60-45(52)53)40(80)69-32(16-10-22-62-47(56)57)42(82)70-31(15-9-21-61-46(54)55)41(81)68-28(12-4-6-18-49)38(78)67-29(13-5-7-19-50)39(79)71-33(17-11-23-63-48(58)59)43(83)72-35(26(2)74)36(51)76/h25-26,28-35,73-74H,4-24,49-50H2,1-3H3,(H2,51,76)(H,64,84)(H,65,75)(H,66,77)(H,67,78)(H,68,81)(H,69,80)(H,70,82)(H,71,79)(H,72,83)(H4,52,53,60)(H4,54,55,61)(H4,56,57,62)(H4,58,59,63)/t25-,26+,28-,29-,30-,31-,32-,33-,34-,35-/m0/s1. The van der Waals surface area contributed by atoms with Crippen LogP contribution < -0.4 is 111 Å². The summed E-state index contributed by atoms with van der Waals surface area (Å²) in [5.41, 5.74) is 61.0. The number of hydrogen-bond donors (Lipinski definition) is 22. The van der Waals surface area contributed by atoms with Crippen LogP contribution in [0.3, 0.4) is 0 Å². The third-order valence-corrected chi connectivity index (χ3v) is 12.2. The Balaban J connectivity index is 7.26. The van der Waals surface area contributed by atoms with Gasteiger partial charge in [-0.1, -0.05) is 0 Å². The molecule has 0 spiro atoms. The van der Waals surface area contributed by atoms with Crippen LogP contribution in [0.25, 0.3) is 0 Å². The lowest BCUT2D eigenvalue weighted by molar-refractivity contribution is -0.136. The van der Waals surface area contributed by atoms with Gasteiger partial charge in [-0.25, -0.2) is 0 Å². The molecule has 0 fully saturated rings. The molecule has 10 atom stereocenters. The molecule has 0 saturated carbocycles. The molecule has 0 aliphatic carbocycles. The summed E-state index contributed by atoms with van der Waals surface area (Å²) in [7, 11) is 0. The van der Waals surface area contributed by atoms with Crippen molar-refractivity contribution in [3.8, 4) is 0 Å². The first-order valence-electron chi connectivity index (χ1n) is 27.5. The highest BCUT2D eigenvalue weighted by atomic mass is 16.3. The molecule has 84 heavy (non-hydrogen) atoms. The molecule has 36 nitrogen and oxygen atoms in total. The van der Waals surface area contributed by atoms with Crippen LogP contribution >= 0.6 is 0 Å². The van der Waals surface area contributed by atoms with Crippen molar-refractivity contribution < 1.29 is 58.2 Å². The molecule has 0 aromatic rings. The van der Waals surface area contributed by atoms with Gasteiger partial charge in [0, 0.05) is 33.1 Å². The number of nitrogens with zero attached hydrogens (tertiary/aromatic N) is 4. The van der Waals surface area contributed by atoms with Crippen LogP contribution in [0.2, 0.25) is 0 Å². The van der Waals surface area contributed by atoms with Crippen molar-refractivity contribution in [3.05, 3.63) is 0 Å². The SMILES string of the molecule is CC(=O)N[C@@H](CO)C(=O)N[C@@H](C)C(=O)N[C@@H](CCCN=C(N)N)C(=O)N[C@@H](CCCN=C(N)N)C(=O)N[C@@H](CCCN=C(N)N)C(=O)N[C@@H](CCCCN)C(=O)N[C@@H](CCCCN)C(=O)N[C@@H](CCCN=C(N)N)C(=O)N[C@H](C(N)=O)[C@@H](C)O. The van der Waals surface area contributed by atoms with E-state index >= 15 is 0 Å². The van der Waals surface area contributed by atoms with Gasteiger partial charge in [0.15, 0.2) is 23.8 Å². The summed E-state index contributed by atoms with van der Waals surface area (Å²) in [4.78, 5) is 151. The van der Waals surface area contributed by atoms with E-state index in [1.165, 1.54) is 13.8 Å². The summed E-state index contributed by atoms with van der Waals surface area (Å²) in [5.74, 6) is -9.88. The molecule has 0 heterocycles. The van der Waals surface area contributed by atoms with E-state index in [-0.39, 0.29) is 134 Å². The minimum atomic E-state index is -1.54. The number of nitrogens with one attached hydrogen (secondary N) is 9. The Morgan fingerprint density at radius 3 is 0.869 bits per heavy atom. The summed E-state index contributed by atoms with van der Waals surface area (Å²) in [6.07, 6.45) is -0.232. The molecule has 0 bridgehead atoms. The molecule has 478 valence electrons. The second kappa shape index (κ2) is 42.4. The van der Waals surface area contributed by atoms with Crippen LogP contribution in [0.15, 0.2) is 20.0 Å². The predicted molar refractivity (Wildman–Crippen MR) is 312 cm³/mol. The van der Waals surface area contributed by atoms with Crippen LogP contribution in [0.1, 0.15) is 111 Å². The fourth-order valence-electron chi connectivity index (χ4n) is 7.77. The van der Waals surface area contributed by atoms with Crippen LogP contribution in [-0.4, -0.2) is 199 Å². The van der Waals surface area contributed by atoms with Crippen molar-refractivity contribution in [1.29, 1.82) is 0 Å². The first-order chi connectivity index (χ1) is 39.6. The number of aliphatic hydroxyl groups is 2. The fraction of sp³-hybridized carbons (Fsp3) is 0.708. The maximum absolute atomic E-state index is 14.5. The van der Waals surface area contributed by atoms with Crippen molar-refractivity contribution >= 4 is 82.9 Å². The van der Waals surface area contributed by atoms with Gasteiger partial charge in [-0.2, -0.15) is 0 Å². The highest BCUT2D eigenvalue weighted by Gasteiger charge is 2.35. The Morgan fingerprint density at radius 1 is 0.369 bits per heavy atom. The molecule has 0 aromatic heterocycles. The molecule has 33 N–H and O–H groups in total. The molecule has 36 heteroatoms. The minimum absolute atomic E-state index is 0.00317. The highest BCUT2D eigenvalue weighted by molar-refractivity contribution is 5.98. The van der Waals surface area contributed by atoms with Gasteiger partial charge in [-0.15, -0.1) is 0 Å². The zero-order chi connectivity index (χ0) is 63.9. The molecule has 0 radical (unpaired) electrons. The zero-order valence-corrected chi connectivity index (χ0v) is 48.2. The Hall–Kier alpha value is -8.38. The van der Waals surface area contributed by atoms with Crippen LogP contribution in [-0.2, 0) is 47.9 Å². The van der Waals surface area contributed by atoms with Gasteiger partial charge >= 0.3 is 0 Å². The second-order valence-electron chi connectivity index (χ2n) is 19.5. The Morgan fingerprint density at radius 2 is 0.631 bits per heavy atom. The quantitative estimate of drug-likeness (QED) is 0.0153. The average molecular weight is 1200 g/mol. The lowest BCUT2D eigenvalue weighted by Crippen LogP contribution is -2.60. The number of carbonyl (C=O) groups excluding carboxylic acids is 10. The first-order valence-corrected chi connectivity index (χ1v) is 27.5. The molecule has 10 amide bonds. The number of carbonyl (C=O) groups is 10. The number of nitrogens with two attached hydrogens (primary N) is 11. The van der Waals surface area contributed by atoms with Crippen molar-refractivity contribution in [1.82, 2.24) is 47.9 Å². The van der Waals surface area contributed by atoms with Gasteiger partial charge in [0.25, 0.3) is 0 Å². The molecular weight excluding hydrogens is 1100 g/mol. The number of rotatable bonds is 44. The van der Waals surface area contributed by atoms with Gasteiger partial charge < -0.3 is 121 Å². The van der Waals surface area contributed by atoms with E-state index in [9.17, 15) is 58.2 Å². The molecule has 0 aromatic carbocycles. The van der Waals surface area contributed by atoms with Crippen LogP contribution in [0.5, 0.6) is 0 Å². The Labute approximate surface area is 487 Å². The van der Waals surface area contributed by atoms with Crippen molar-refractivity contribution in [2.45, 2.75) is 171 Å². The molecule has 0 unspecified atom stereocenters. The molecular formula is C48H94N24O12. The first kappa shape index (κ1) is 75.6. The number of unbranched alkanes of at least 4 members (excludes halogenated alkanes) is 2. The number of primary amides is 1. The topological polar surface area (TPSA) is 655 Å². The number of aliphatic imine (C=N–C) groups is 4. The van der Waals surface area contributed by atoms with E-state index < -0.39 is 126 Å². The van der Waals surface area contributed by atoms with Gasteiger partial charge in [-0.05, 0) is 117 Å². The summed E-state index contributed by atoms with van der Waals surface area (Å²) in [6.45, 7) is 3.23. The van der Waals surface area contributed by atoms with E-state index in [0.29, 0.717) is 19.3 Å². The maximum atomic E-state index is 14.5. The lowest BCUT2D eigenvalue weighted by atomic mass is 10.0. The summed E-state index contributed by atoms with van der Waals surface area (Å²) < 4.78 is 0. The fourth-order valence-corrected chi connectivity index (χ4v) is 7.77. The number of amides is 10. The maximum Gasteiger partial charge on any atom is 0.245 e. The smallest absolute Gasteiger partial charge is 0.245 e. The van der Waals surface area contributed by atoms with Crippen LogP contribution in [0, 0.1) is 0 Å². The molecule has 0 saturated heterocycles. The average Bonchev–Trinajstić information content (AvgIpc) is 3.50. The number of aliphatic hydroxyl groups excluding tert-OH is 2. The van der Waals surface area contributed by atoms with Crippen molar-refractivity contribution in [2.75, 3.05) is 45.9 Å². The monoisotopic (exact) mass is 1200 g/mol.